The van der Waals surface area contributed by atoms with E-state index in [1.54, 1.807) is 13.1 Å². The van der Waals surface area contributed by atoms with Gasteiger partial charge in [-0.05, 0) is 25.1 Å². The molecule has 7 nitrogen and oxygen atoms in total. The fourth-order valence-corrected chi connectivity index (χ4v) is 3.97. The SMILES string of the molecule is COc1c(C)cnc(CS(=O)c2nc3cc(Cl)ccc3n2OC(F)F)c1OC. The van der Waals surface area contributed by atoms with Crippen LogP contribution >= 0.6 is 11.6 Å². The number of imidazole rings is 1. The molecule has 0 aliphatic heterocycles. The Morgan fingerprint density at radius 3 is 2.61 bits per heavy atom. The summed E-state index contributed by atoms with van der Waals surface area (Å²) in [6.45, 7) is -1.34. The molecule has 0 bridgehead atoms. The van der Waals surface area contributed by atoms with Crippen molar-refractivity contribution in [3.8, 4) is 11.5 Å². The lowest BCUT2D eigenvalue weighted by atomic mass is 10.2. The molecule has 0 spiro atoms. The maximum Gasteiger partial charge on any atom is 0.405 e. The first-order valence-electron chi connectivity index (χ1n) is 7.93. The van der Waals surface area contributed by atoms with Crippen LogP contribution in [0.3, 0.4) is 0 Å². The van der Waals surface area contributed by atoms with Crippen LogP contribution in [0.15, 0.2) is 29.6 Å². The average molecular weight is 432 g/mol. The summed E-state index contributed by atoms with van der Waals surface area (Å²) in [5.41, 5.74) is 1.56. The second-order valence-electron chi connectivity index (χ2n) is 5.63. The van der Waals surface area contributed by atoms with Crippen LogP contribution in [0.5, 0.6) is 11.5 Å². The summed E-state index contributed by atoms with van der Waals surface area (Å²) in [7, 11) is 1.03. The molecule has 3 rings (SSSR count). The Morgan fingerprint density at radius 2 is 1.96 bits per heavy atom. The molecule has 3 aromatic rings. The predicted molar refractivity (Wildman–Crippen MR) is 99.5 cm³/mol. The summed E-state index contributed by atoms with van der Waals surface area (Å²) < 4.78 is 50.1. The van der Waals surface area contributed by atoms with Crippen molar-refractivity contribution in [2.45, 2.75) is 24.4 Å². The van der Waals surface area contributed by atoms with Crippen molar-refractivity contribution in [2.24, 2.45) is 0 Å². The smallest absolute Gasteiger partial charge is 0.405 e. The Hall–Kier alpha value is -2.46. The summed E-state index contributed by atoms with van der Waals surface area (Å²) in [6, 6.07) is 4.43. The van der Waals surface area contributed by atoms with Gasteiger partial charge in [0.1, 0.15) is 5.52 Å². The Kier molecular flexibility index (Phi) is 5.99. The fourth-order valence-electron chi connectivity index (χ4n) is 2.69. The first kappa shape index (κ1) is 20.3. The number of alkyl halides is 2. The van der Waals surface area contributed by atoms with Gasteiger partial charge in [0.25, 0.3) is 0 Å². The van der Waals surface area contributed by atoms with Crippen LogP contribution in [0.4, 0.5) is 8.78 Å². The van der Waals surface area contributed by atoms with Gasteiger partial charge in [0, 0.05) is 16.8 Å². The minimum absolute atomic E-state index is 0.149. The summed E-state index contributed by atoms with van der Waals surface area (Å²) >= 11 is 5.93. The van der Waals surface area contributed by atoms with Crippen molar-refractivity contribution >= 4 is 33.4 Å². The number of halogens is 3. The molecule has 1 aromatic carbocycles. The van der Waals surface area contributed by atoms with Crippen LogP contribution in [0.1, 0.15) is 11.3 Å². The van der Waals surface area contributed by atoms with E-state index in [-0.39, 0.29) is 21.9 Å². The number of ether oxygens (including phenoxy) is 2. The van der Waals surface area contributed by atoms with E-state index in [2.05, 4.69) is 14.8 Å². The highest BCUT2D eigenvalue weighted by Crippen LogP contribution is 2.34. The van der Waals surface area contributed by atoms with Crippen molar-refractivity contribution < 1.29 is 27.3 Å². The molecule has 0 saturated heterocycles. The number of hydrogen-bond donors (Lipinski definition) is 0. The molecule has 11 heteroatoms. The van der Waals surface area contributed by atoms with Gasteiger partial charge < -0.3 is 14.3 Å². The Morgan fingerprint density at radius 1 is 1.25 bits per heavy atom. The second kappa shape index (κ2) is 8.27. The highest BCUT2D eigenvalue weighted by Gasteiger charge is 2.24. The molecule has 0 fully saturated rings. The first-order chi connectivity index (χ1) is 13.3. The summed E-state index contributed by atoms with van der Waals surface area (Å²) in [5.74, 6) is 0.619. The molecule has 1 unspecified atom stereocenters. The van der Waals surface area contributed by atoms with Crippen LogP contribution in [-0.2, 0) is 16.6 Å². The Bertz CT molecular complexity index is 1040. The fraction of sp³-hybridized carbons (Fsp3) is 0.294. The summed E-state index contributed by atoms with van der Waals surface area (Å²) in [5, 5.41) is 0.166. The number of pyridine rings is 1. The lowest BCUT2D eigenvalue weighted by Gasteiger charge is -2.14. The lowest BCUT2D eigenvalue weighted by Crippen LogP contribution is -2.20. The highest BCUT2D eigenvalue weighted by molar-refractivity contribution is 7.84. The van der Waals surface area contributed by atoms with E-state index >= 15 is 0 Å². The van der Waals surface area contributed by atoms with Crippen molar-refractivity contribution in [3.63, 3.8) is 0 Å². The summed E-state index contributed by atoms with van der Waals surface area (Å²) in [4.78, 5) is 12.9. The number of rotatable bonds is 7. The number of hydrogen-bond acceptors (Lipinski definition) is 6. The molecule has 0 N–H and O–H groups in total. The molecule has 0 amide bonds. The van der Waals surface area contributed by atoms with Gasteiger partial charge >= 0.3 is 6.61 Å². The largest absolute Gasteiger partial charge is 0.492 e. The third kappa shape index (κ3) is 3.88. The van der Waals surface area contributed by atoms with E-state index in [0.29, 0.717) is 22.2 Å². The van der Waals surface area contributed by atoms with E-state index in [1.165, 1.54) is 32.4 Å². The minimum Gasteiger partial charge on any atom is -0.492 e. The second-order valence-corrected chi connectivity index (χ2v) is 7.41. The zero-order valence-electron chi connectivity index (χ0n) is 15.1. The third-order valence-electron chi connectivity index (χ3n) is 3.85. The van der Waals surface area contributed by atoms with Gasteiger partial charge in [-0.1, -0.05) is 11.6 Å². The topological polar surface area (TPSA) is 75.5 Å². The van der Waals surface area contributed by atoms with E-state index < -0.39 is 17.4 Å². The molecule has 2 aromatic heterocycles. The normalized spacial score (nSPS) is 12.4. The number of fused-ring (bicyclic) bond motifs is 1. The third-order valence-corrected chi connectivity index (χ3v) is 5.29. The van der Waals surface area contributed by atoms with Crippen LogP contribution in [0.25, 0.3) is 11.0 Å². The van der Waals surface area contributed by atoms with Gasteiger partial charge in [-0.2, -0.15) is 8.78 Å². The van der Waals surface area contributed by atoms with E-state index in [4.69, 9.17) is 21.1 Å². The van der Waals surface area contributed by atoms with Crippen molar-refractivity contribution in [1.29, 1.82) is 0 Å². The van der Waals surface area contributed by atoms with Gasteiger partial charge in [-0.25, -0.2) is 4.98 Å². The molecular formula is C17H16ClF2N3O4S. The molecule has 0 saturated carbocycles. The van der Waals surface area contributed by atoms with Crippen LogP contribution in [0, 0.1) is 6.92 Å². The number of methoxy groups -OCH3 is 2. The van der Waals surface area contributed by atoms with Gasteiger partial charge in [-0.3, -0.25) is 9.19 Å². The molecule has 0 aliphatic carbocycles. The monoisotopic (exact) mass is 431 g/mol. The average Bonchev–Trinajstić information content (AvgIpc) is 2.99. The van der Waals surface area contributed by atoms with Gasteiger partial charge in [-0.15, -0.1) is 4.73 Å². The molecular weight excluding hydrogens is 416 g/mol. The van der Waals surface area contributed by atoms with Crippen molar-refractivity contribution in [3.05, 3.63) is 40.7 Å². The van der Waals surface area contributed by atoms with Crippen LogP contribution in [0.2, 0.25) is 5.02 Å². The number of aryl methyl sites for hydroxylation is 1. The number of nitrogens with zero attached hydrogens (tertiary/aromatic N) is 3. The zero-order chi connectivity index (χ0) is 20.4. The van der Waals surface area contributed by atoms with Gasteiger partial charge in [0.05, 0.1) is 42.0 Å². The quantitative estimate of drug-likeness (QED) is 0.571. The van der Waals surface area contributed by atoms with Crippen molar-refractivity contribution in [2.75, 3.05) is 14.2 Å². The number of aromatic nitrogens is 3. The highest BCUT2D eigenvalue weighted by atomic mass is 35.5. The van der Waals surface area contributed by atoms with Gasteiger partial charge in [0.2, 0.25) is 5.16 Å². The predicted octanol–water partition coefficient (Wildman–Crippen LogP) is 3.37. The Labute approximate surface area is 166 Å². The maximum absolute atomic E-state index is 13.0. The molecule has 150 valence electrons. The number of benzene rings is 1. The lowest BCUT2D eigenvalue weighted by molar-refractivity contribution is -0.136. The first-order valence-corrected chi connectivity index (χ1v) is 9.63. The van der Waals surface area contributed by atoms with Crippen LogP contribution < -0.4 is 14.3 Å². The molecule has 1 atom stereocenters. The maximum atomic E-state index is 13.0. The summed E-state index contributed by atoms with van der Waals surface area (Å²) in [6.07, 6.45) is 1.55. The molecule has 2 heterocycles. The zero-order valence-corrected chi connectivity index (χ0v) is 16.7. The van der Waals surface area contributed by atoms with E-state index in [9.17, 15) is 13.0 Å². The minimum atomic E-state index is -3.13. The molecule has 28 heavy (non-hydrogen) atoms. The standard InChI is InChI=1S/C17H16ClF2N3O4S/c1-9-7-21-12(15(26-3)14(9)25-2)8-28(24)17-22-11-6-10(18)4-5-13(11)23(17)27-16(19)20/h4-7,16H,8H2,1-3H3. The van der Waals surface area contributed by atoms with Crippen LogP contribution in [-0.4, -0.2) is 39.7 Å². The van der Waals surface area contributed by atoms with E-state index in [0.717, 1.165) is 10.3 Å². The molecule has 0 radical (unpaired) electrons. The van der Waals surface area contributed by atoms with Crippen molar-refractivity contribution in [1.82, 2.24) is 14.7 Å². The Balaban J connectivity index is 2.05. The van der Waals surface area contributed by atoms with Gasteiger partial charge in [0.15, 0.2) is 11.5 Å². The van der Waals surface area contributed by atoms with E-state index in [1.807, 2.05) is 0 Å². The molecule has 0 aliphatic rings.